The SMILES string of the molecule is CCN(Cc1ccc2c(c1)OCO2)C(=O)/C=C/c1ccccc1[N+](=O)[O-]. The fraction of sp³-hybridized carbons (Fsp3) is 0.211. The lowest BCUT2D eigenvalue weighted by atomic mass is 10.1. The fourth-order valence-corrected chi connectivity index (χ4v) is 2.67. The van der Waals surface area contributed by atoms with Crippen LogP contribution in [0.25, 0.3) is 6.08 Å². The van der Waals surface area contributed by atoms with Crippen molar-refractivity contribution in [1.82, 2.24) is 4.90 Å². The van der Waals surface area contributed by atoms with E-state index in [0.29, 0.717) is 30.2 Å². The van der Waals surface area contributed by atoms with Crippen LogP contribution in [0.5, 0.6) is 11.5 Å². The first-order chi connectivity index (χ1) is 12.6. The molecule has 2 aromatic rings. The number of hydrogen-bond acceptors (Lipinski definition) is 5. The van der Waals surface area contributed by atoms with Gasteiger partial charge in [-0.05, 0) is 36.8 Å². The van der Waals surface area contributed by atoms with Crippen molar-refractivity contribution in [3.63, 3.8) is 0 Å². The van der Waals surface area contributed by atoms with Gasteiger partial charge in [0.1, 0.15) is 0 Å². The highest BCUT2D eigenvalue weighted by molar-refractivity contribution is 5.92. The van der Waals surface area contributed by atoms with Crippen molar-refractivity contribution < 1.29 is 19.2 Å². The molecule has 0 radical (unpaired) electrons. The molecule has 1 aliphatic rings. The topological polar surface area (TPSA) is 81.9 Å². The number of nitro benzene ring substituents is 1. The predicted octanol–water partition coefficient (Wildman–Crippen LogP) is 3.39. The monoisotopic (exact) mass is 354 g/mol. The molecule has 0 aliphatic carbocycles. The number of ether oxygens (including phenoxy) is 2. The van der Waals surface area contributed by atoms with Gasteiger partial charge in [0.2, 0.25) is 12.7 Å². The summed E-state index contributed by atoms with van der Waals surface area (Å²) < 4.78 is 10.6. The Balaban J connectivity index is 1.72. The zero-order valence-corrected chi connectivity index (χ0v) is 14.3. The first-order valence-electron chi connectivity index (χ1n) is 8.17. The number of rotatable bonds is 6. The molecule has 1 amide bonds. The van der Waals surface area contributed by atoms with Crippen molar-refractivity contribution in [3.8, 4) is 11.5 Å². The second-order valence-corrected chi connectivity index (χ2v) is 5.69. The molecule has 134 valence electrons. The summed E-state index contributed by atoms with van der Waals surface area (Å²) in [7, 11) is 0. The summed E-state index contributed by atoms with van der Waals surface area (Å²) >= 11 is 0. The van der Waals surface area contributed by atoms with E-state index in [9.17, 15) is 14.9 Å². The quantitative estimate of drug-likeness (QED) is 0.451. The molecule has 7 nitrogen and oxygen atoms in total. The van der Waals surface area contributed by atoms with Crippen molar-refractivity contribution in [3.05, 3.63) is 69.8 Å². The number of carbonyl (C=O) groups excluding carboxylic acids is 1. The first kappa shape index (κ1) is 17.5. The predicted molar refractivity (Wildman–Crippen MR) is 95.8 cm³/mol. The average Bonchev–Trinajstić information content (AvgIpc) is 3.12. The van der Waals surface area contributed by atoms with E-state index in [4.69, 9.17) is 9.47 Å². The number of hydrogen-bond donors (Lipinski definition) is 0. The lowest BCUT2D eigenvalue weighted by molar-refractivity contribution is -0.385. The van der Waals surface area contributed by atoms with Gasteiger partial charge in [0.25, 0.3) is 5.69 Å². The lowest BCUT2D eigenvalue weighted by Crippen LogP contribution is -2.28. The minimum Gasteiger partial charge on any atom is -0.454 e. The van der Waals surface area contributed by atoms with Gasteiger partial charge in [0, 0.05) is 25.2 Å². The van der Waals surface area contributed by atoms with Gasteiger partial charge in [0.15, 0.2) is 11.5 Å². The summed E-state index contributed by atoms with van der Waals surface area (Å²) in [5, 5.41) is 11.0. The van der Waals surface area contributed by atoms with E-state index < -0.39 is 4.92 Å². The number of fused-ring (bicyclic) bond motifs is 1. The third-order valence-corrected chi connectivity index (χ3v) is 4.04. The Kier molecular flexibility index (Phi) is 5.17. The van der Waals surface area contributed by atoms with Crippen LogP contribution in [-0.2, 0) is 11.3 Å². The van der Waals surface area contributed by atoms with Crippen LogP contribution in [0.3, 0.4) is 0 Å². The van der Waals surface area contributed by atoms with E-state index >= 15 is 0 Å². The summed E-state index contributed by atoms with van der Waals surface area (Å²) in [5.74, 6) is 1.14. The molecule has 3 rings (SSSR count). The van der Waals surface area contributed by atoms with Gasteiger partial charge in [-0.15, -0.1) is 0 Å². The van der Waals surface area contributed by atoms with Gasteiger partial charge < -0.3 is 14.4 Å². The Morgan fingerprint density at radius 3 is 2.77 bits per heavy atom. The molecule has 2 aromatic carbocycles. The van der Waals surface area contributed by atoms with E-state index in [0.717, 1.165) is 5.56 Å². The highest BCUT2D eigenvalue weighted by Crippen LogP contribution is 2.32. The Morgan fingerprint density at radius 2 is 2.00 bits per heavy atom. The number of para-hydroxylation sites is 1. The number of likely N-dealkylation sites (N-methyl/N-ethyl adjacent to an activating group) is 1. The zero-order valence-electron chi connectivity index (χ0n) is 14.3. The van der Waals surface area contributed by atoms with E-state index in [1.807, 2.05) is 25.1 Å². The Labute approximate surface area is 150 Å². The van der Waals surface area contributed by atoms with E-state index in [-0.39, 0.29) is 18.4 Å². The maximum absolute atomic E-state index is 12.5. The summed E-state index contributed by atoms with van der Waals surface area (Å²) in [5.41, 5.74) is 1.28. The summed E-state index contributed by atoms with van der Waals surface area (Å²) in [6, 6.07) is 11.9. The van der Waals surface area contributed by atoms with Gasteiger partial charge in [-0.3, -0.25) is 14.9 Å². The highest BCUT2D eigenvalue weighted by atomic mass is 16.7. The summed E-state index contributed by atoms with van der Waals surface area (Å²) in [6.07, 6.45) is 2.83. The molecule has 0 saturated heterocycles. The molecule has 1 heterocycles. The third-order valence-electron chi connectivity index (χ3n) is 4.04. The molecule has 0 spiro atoms. The largest absolute Gasteiger partial charge is 0.454 e. The second-order valence-electron chi connectivity index (χ2n) is 5.69. The van der Waals surface area contributed by atoms with Crippen molar-refractivity contribution in [2.45, 2.75) is 13.5 Å². The number of nitrogens with zero attached hydrogens (tertiary/aromatic N) is 2. The van der Waals surface area contributed by atoms with Crippen LogP contribution in [-0.4, -0.2) is 29.1 Å². The van der Waals surface area contributed by atoms with Gasteiger partial charge in [0.05, 0.1) is 10.5 Å². The van der Waals surface area contributed by atoms with Crippen molar-refractivity contribution in [2.24, 2.45) is 0 Å². The second kappa shape index (κ2) is 7.69. The lowest BCUT2D eigenvalue weighted by Gasteiger charge is -2.19. The van der Waals surface area contributed by atoms with Gasteiger partial charge in [-0.1, -0.05) is 18.2 Å². The Bertz CT molecular complexity index is 863. The molecular formula is C19H18N2O5. The fourth-order valence-electron chi connectivity index (χ4n) is 2.67. The molecule has 0 unspecified atom stereocenters. The molecule has 7 heteroatoms. The molecular weight excluding hydrogens is 336 g/mol. The van der Waals surface area contributed by atoms with Crippen LogP contribution >= 0.6 is 0 Å². The van der Waals surface area contributed by atoms with E-state index in [1.165, 1.54) is 18.2 Å². The van der Waals surface area contributed by atoms with Crippen molar-refractivity contribution in [1.29, 1.82) is 0 Å². The van der Waals surface area contributed by atoms with E-state index in [1.54, 1.807) is 23.1 Å². The van der Waals surface area contributed by atoms with Crippen LogP contribution < -0.4 is 9.47 Å². The van der Waals surface area contributed by atoms with Gasteiger partial charge in [-0.25, -0.2) is 0 Å². The Hall–Kier alpha value is -3.35. The zero-order chi connectivity index (χ0) is 18.5. The highest BCUT2D eigenvalue weighted by Gasteiger charge is 2.16. The molecule has 1 aliphatic heterocycles. The standard InChI is InChI=1S/C19H18N2O5/c1-2-20(12-14-7-9-17-18(11-14)26-13-25-17)19(22)10-8-15-5-3-4-6-16(15)21(23)24/h3-11H,2,12-13H2,1H3/b10-8+. The molecule has 26 heavy (non-hydrogen) atoms. The Morgan fingerprint density at radius 1 is 1.23 bits per heavy atom. The maximum Gasteiger partial charge on any atom is 0.276 e. The van der Waals surface area contributed by atoms with Crippen molar-refractivity contribution >= 4 is 17.7 Å². The molecule has 0 fully saturated rings. The maximum atomic E-state index is 12.5. The van der Waals surface area contributed by atoms with Crippen LogP contribution in [0.1, 0.15) is 18.1 Å². The first-order valence-corrected chi connectivity index (χ1v) is 8.17. The molecule has 0 N–H and O–H groups in total. The number of carbonyl (C=O) groups is 1. The molecule has 0 bridgehead atoms. The number of benzene rings is 2. The number of amides is 1. The molecule has 0 saturated carbocycles. The minimum atomic E-state index is -0.464. The molecule has 0 atom stereocenters. The minimum absolute atomic E-state index is 0.0321. The summed E-state index contributed by atoms with van der Waals surface area (Å²) in [4.78, 5) is 24.7. The normalized spacial score (nSPS) is 12.3. The van der Waals surface area contributed by atoms with Crippen LogP contribution in [0, 0.1) is 10.1 Å². The van der Waals surface area contributed by atoms with Crippen LogP contribution in [0.15, 0.2) is 48.5 Å². The van der Waals surface area contributed by atoms with Gasteiger partial charge >= 0.3 is 0 Å². The smallest absolute Gasteiger partial charge is 0.276 e. The van der Waals surface area contributed by atoms with Crippen molar-refractivity contribution in [2.75, 3.05) is 13.3 Å². The number of nitro groups is 1. The van der Waals surface area contributed by atoms with E-state index in [2.05, 4.69) is 0 Å². The average molecular weight is 354 g/mol. The van der Waals surface area contributed by atoms with Gasteiger partial charge in [-0.2, -0.15) is 0 Å². The molecule has 0 aromatic heterocycles. The van der Waals surface area contributed by atoms with Crippen LogP contribution in [0.2, 0.25) is 0 Å². The third kappa shape index (κ3) is 3.83. The summed E-state index contributed by atoms with van der Waals surface area (Å²) in [6.45, 7) is 3.00. The van der Waals surface area contributed by atoms with Crippen LogP contribution in [0.4, 0.5) is 5.69 Å².